The summed E-state index contributed by atoms with van der Waals surface area (Å²) in [5.74, 6) is -0.302. The second-order valence-electron chi connectivity index (χ2n) is 8.41. The van der Waals surface area contributed by atoms with E-state index in [2.05, 4.69) is 32.2 Å². The zero-order valence-electron chi connectivity index (χ0n) is 16.7. The average molecular weight is 364 g/mol. The van der Waals surface area contributed by atoms with E-state index in [1.807, 2.05) is 54.3 Å². The van der Waals surface area contributed by atoms with Gasteiger partial charge < -0.3 is 10.2 Å². The molecule has 0 aliphatic carbocycles. The molecule has 1 N–H and O–H groups in total. The summed E-state index contributed by atoms with van der Waals surface area (Å²) in [5.41, 5.74) is 3.90. The van der Waals surface area contributed by atoms with Crippen LogP contribution in [0, 0.1) is 0 Å². The van der Waals surface area contributed by atoms with Crippen LogP contribution >= 0.6 is 0 Å². The molecule has 2 atom stereocenters. The predicted molar refractivity (Wildman–Crippen MR) is 109 cm³/mol. The van der Waals surface area contributed by atoms with Crippen LogP contribution in [-0.2, 0) is 16.6 Å². The Morgan fingerprint density at radius 2 is 1.70 bits per heavy atom. The molecule has 0 spiro atoms. The fourth-order valence-electron chi connectivity index (χ4n) is 3.57. The van der Waals surface area contributed by atoms with Crippen LogP contribution in [0.2, 0.25) is 0 Å². The summed E-state index contributed by atoms with van der Waals surface area (Å²) in [6.07, 6.45) is 0.844. The third kappa shape index (κ3) is 3.90. The fraction of sp³-hybridized carbons (Fsp3) is 0.391. The number of anilines is 1. The highest BCUT2D eigenvalue weighted by molar-refractivity contribution is 6.03. The van der Waals surface area contributed by atoms with Crippen molar-refractivity contribution >= 4 is 17.5 Å². The minimum Gasteiger partial charge on any atom is -0.341 e. The topological polar surface area (TPSA) is 49.4 Å². The van der Waals surface area contributed by atoms with E-state index in [0.29, 0.717) is 5.56 Å². The highest BCUT2D eigenvalue weighted by Crippen LogP contribution is 2.32. The predicted octanol–water partition coefficient (Wildman–Crippen LogP) is 4.08. The highest BCUT2D eigenvalue weighted by Gasteiger charge is 2.33. The van der Waals surface area contributed by atoms with Crippen LogP contribution < -0.4 is 10.2 Å². The molecule has 0 saturated carbocycles. The van der Waals surface area contributed by atoms with Crippen molar-refractivity contribution in [3.63, 3.8) is 0 Å². The van der Waals surface area contributed by atoms with Gasteiger partial charge in [-0.2, -0.15) is 0 Å². The van der Waals surface area contributed by atoms with Crippen molar-refractivity contribution in [1.82, 2.24) is 5.32 Å². The molecule has 4 nitrogen and oxygen atoms in total. The molecule has 2 unspecified atom stereocenters. The van der Waals surface area contributed by atoms with Crippen molar-refractivity contribution in [2.24, 2.45) is 0 Å². The number of para-hydroxylation sites is 1. The summed E-state index contributed by atoms with van der Waals surface area (Å²) in [7, 11) is 0. The molecule has 0 aromatic heterocycles. The van der Waals surface area contributed by atoms with E-state index >= 15 is 0 Å². The number of benzene rings is 2. The maximum atomic E-state index is 13.0. The van der Waals surface area contributed by atoms with Crippen molar-refractivity contribution in [2.75, 3.05) is 4.90 Å². The molecule has 1 aliphatic heterocycles. The number of carbonyl (C=O) groups excluding carboxylic acids is 2. The molecule has 0 radical (unpaired) electrons. The lowest BCUT2D eigenvalue weighted by Gasteiger charge is -2.26. The van der Waals surface area contributed by atoms with Gasteiger partial charge in [0.25, 0.3) is 5.91 Å². The first-order chi connectivity index (χ1) is 12.7. The summed E-state index contributed by atoms with van der Waals surface area (Å²) in [6, 6.07) is 15.1. The lowest BCUT2D eigenvalue weighted by atomic mass is 9.86. The average Bonchev–Trinajstić information content (AvgIpc) is 2.96. The van der Waals surface area contributed by atoms with Crippen LogP contribution in [0.25, 0.3) is 0 Å². The Bertz CT molecular complexity index is 849. The number of carbonyl (C=O) groups is 2. The van der Waals surface area contributed by atoms with E-state index in [1.165, 1.54) is 11.1 Å². The van der Waals surface area contributed by atoms with Crippen LogP contribution in [0.1, 0.15) is 56.1 Å². The Kier molecular flexibility index (Phi) is 5.09. The third-order valence-corrected chi connectivity index (χ3v) is 5.18. The van der Waals surface area contributed by atoms with Gasteiger partial charge in [-0.15, -0.1) is 0 Å². The van der Waals surface area contributed by atoms with E-state index in [-0.39, 0.29) is 23.3 Å². The molecule has 2 amide bonds. The van der Waals surface area contributed by atoms with Gasteiger partial charge in [-0.05, 0) is 55.0 Å². The number of hydrogen-bond acceptors (Lipinski definition) is 2. The molecule has 1 heterocycles. The first-order valence-corrected chi connectivity index (χ1v) is 9.51. The van der Waals surface area contributed by atoms with Gasteiger partial charge in [0.05, 0.1) is 0 Å². The summed E-state index contributed by atoms with van der Waals surface area (Å²) in [4.78, 5) is 27.4. The van der Waals surface area contributed by atoms with Crippen molar-refractivity contribution < 1.29 is 9.59 Å². The Morgan fingerprint density at radius 1 is 1.07 bits per heavy atom. The highest BCUT2D eigenvalue weighted by atomic mass is 16.2. The molecule has 142 valence electrons. The largest absolute Gasteiger partial charge is 0.341 e. The summed E-state index contributed by atoms with van der Waals surface area (Å²) < 4.78 is 0. The second kappa shape index (κ2) is 7.18. The smallest absolute Gasteiger partial charge is 0.251 e. The zero-order chi connectivity index (χ0) is 19.8. The monoisotopic (exact) mass is 364 g/mol. The molecule has 0 fully saturated rings. The standard InChI is InChI=1S/C23H28N2O2/c1-15-14-18-8-6-7-9-20(18)25(15)22(27)16(2)24-21(26)17-10-12-19(13-11-17)23(3,4)5/h6-13,15-16H,14H2,1-5H3,(H,24,26). The van der Waals surface area contributed by atoms with Crippen LogP contribution in [0.15, 0.2) is 48.5 Å². The van der Waals surface area contributed by atoms with E-state index in [4.69, 9.17) is 0 Å². The van der Waals surface area contributed by atoms with Crippen molar-refractivity contribution in [3.8, 4) is 0 Å². The normalized spacial score (nSPS) is 17.4. The van der Waals surface area contributed by atoms with Gasteiger partial charge in [-0.3, -0.25) is 9.59 Å². The van der Waals surface area contributed by atoms with Crippen molar-refractivity contribution in [3.05, 3.63) is 65.2 Å². The molecule has 4 heteroatoms. The van der Waals surface area contributed by atoms with Gasteiger partial charge in [0.2, 0.25) is 5.91 Å². The number of rotatable bonds is 3. The quantitative estimate of drug-likeness (QED) is 0.892. The van der Waals surface area contributed by atoms with Gasteiger partial charge in [-0.25, -0.2) is 0 Å². The molecule has 2 aromatic rings. The molecule has 3 rings (SSSR count). The molecular formula is C23H28N2O2. The molecule has 27 heavy (non-hydrogen) atoms. The Hall–Kier alpha value is -2.62. The van der Waals surface area contributed by atoms with Gasteiger partial charge in [0, 0.05) is 17.3 Å². The summed E-state index contributed by atoms with van der Waals surface area (Å²) in [6.45, 7) is 10.2. The first-order valence-electron chi connectivity index (χ1n) is 9.51. The molecule has 1 aliphatic rings. The maximum absolute atomic E-state index is 13.0. The Balaban J connectivity index is 1.71. The number of amides is 2. The first kappa shape index (κ1) is 19.2. The Labute approximate surface area is 161 Å². The molecular weight excluding hydrogens is 336 g/mol. The van der Waals surface area contributed by atoms with Gasteiger partial charge >= 0.3 is 0 Å². The van der Waals surface area contributed by atoms with Gasteiger partial charge in [0.15, 0.2) is 0 Å². The van der Waals surface area contributed by atoms with Crippen molar-refractivity contribution in [1.29, 1.82) is 0 Å². The number of hydrogen-bond donors (Lipinski definition) is 1. The SMILES string of the molecule is CC(NC(=O)c1ccc(C(C)(C)C)cc1)C(=O)N1c2ccccc2CC1C. The lowest BCUT2D eigenvalue weighted by Crippen LogP contribution is -2.49. The van der Waals surface area contributed by atoms with Crippen LogP contribution in [0.3, 0.4) is 0 Å². The van der Waals surface area contributed by atoms with E-state index in [1.54, 1.807) is 6.92 Å². The molecule has 0 saturated heterocycles. The minimum atomic E-state index is -0.589. The second-order valence-corrected chi connectivity index (χ2v) is 8.41. The third-order valence-electron chi connectivity index (χ3n) is 5.18. The Morgan fingerprint density at radius 3 is 2.33 bits per heavy atom. The van der Waals surface area contributed by atoms with E-state index < -0.39 is 6.04 Å². The summed E-state index contributed by atoms with van der Waals surface area (Å²) in [5, 5.41) is 2.85. The number of nitrogens with one attached hydrogen (secondary N) is 1. The van der Waals surface area contributed by atoms with Crippen LogP contribution in [-0.4, -0.2) is 23.9 Å². The number of nitrogens with zero attached hydrogens (tertiary/aromatic N) is 1. The van der Waals surface area contributed by atoms with Crippen LogP contribution in [0.5, 0.6) is 0 Å². The van der Waals surface area contributed by atoms with Crippen LogP contribution in [0.4, 0.5) is 5.69 Å². The minimum absolute atomic E-state index is 0.0392. The van der Waals surface area contributed by atoms with Crippen molar-refractivity contribution in [2.45, 2.75) is 58.5 Å². The lowest BCUT2D eigenvalue weighted by molar-refractivity contribution is -0.120. The number of fused-ring (bicyclic) bond motifs is 1. The fourth-order valence-corrected chi connectivity index (χ4v) is 3.57. The van der Waals surface area contributed by atoms with Gasteiger partial charge in [-0.1, -0.05) is 51.1 Å². The van der Waals surface area contributed by atoms with E-state index in [9.17, 15) is 9.59 Å². The zero-order valence-corrected chi connectivity index (χ0v) is 16.7. The maximum Gasteiger partial charge on any atom is 0.251 e. The molecule has 2 aromatic carbocycles. The van der Waals surface area contributed by atoms with Gasteiger partial charge in [0.1, 0.15) is 6.04 Å². The van der Waals surface area contributed by atoms with E-state index in [0.717, 1.165) is 12.1 Å². The molecule has 0 bridgehead atoms. The summed E-state index contributed by atoms with van der Waals surface area (Å²) >= 11 is 0.